The van der Waals surface area contributed by atoms with Gasteiger partial charge in [-0.1, -0.05) is 0 Å². The van der Waals surface area contributed by atoms with Crippen LogP contribution >= 0.6 is 31.9 Å². The first-order chi connectivity index (χ1) is 8.03. The second-order valence-electron chi connectivity index (χ2n) is 4.81. The molecule has 0 bridgehead atoms. The van der Waals surface area contributed by atoms with Gasteiger partial charge in [-0.05, 0) is 71.3 Å². The number of pyridine rings is 1. The van der Waals surface area contributed by atoms with Gasteiger partial charge in [-0.2, -0.15) is 0 Å². The maximum Gasteiger partial charge on any atom is 0.140 e. The molecule has 1 aromatic heterocycles. The normalized spacial score (nSPS) is 17.9. The molecule has 3 nitrogen and oxygen atoms in total. The van der Waals surface area contributed by atoms with E-state index in [2.05, 4.69) is 61.2 Å². The van der Waals surface area contributed by atoms with E-state index in [1.807, 2.05) is 12.3 Å². The molecule has 0 atom stereocenters. The molecule has 2 rings (SSSR count). The highest BCUT2D eigenvalue weighted by molar-refractivity contribution is 9.11. The van der Waals surface area contributed by atoms with E-state index in [0.717, 1.165) is 21.3 Å². The van der Waals surface area contributed by atoms with E-state index in [1.54, 1.807) is 0 Å². The largest absolute Gasteiger partial charge is 0.367 e. The summed E-state index contributed by atoms with van der Waals surface area (Å²) in [5.74, 6) is 0.918. The lowest BCUT2D eigenvalue weighted by atomic mass is 9.75. The van der Waals surface area contributed by atoms with Crippen molar-refractivity contribution in [1.82, 2.24) is 9.88 Å². The van der Waals surface area contributed by atoms with Gasteiger partial charge in [-0.25, -0.2) is 4.98 Å². The molecular weight excluding hydrogens is 346 g/mol. The molecule has 94 valence electrons. The molecule has 5 heteroatoms. The average molecular weight is 363 g/mol. The van der Waals surface area contributed by atoms with Crippen molar-refractivity contribution in [3.63, 3.8) is 0 Å². The quantitative estimate of drug-likeness (QED) is 0.888. The van der Waals surface area contributed by atoms with Crippen LogP contribution in [0.1, 0.15) is 19.3 Å². The number of nitrogens with zero attached hydrogens (tertiary/aromatic N) is 2. The first-order valence-corrected chi connectivity index (χ1v) is 7.34. The lowest BCUT2D eigenvalue weighted by Gasteiger charge is -2.47. The third-order valence-corrected chi connectivity index (χ3v) is 4.66. The molecule has 0 unspecified atom stereocenters. The number of rotatable bonds is 4. The molecule has 1 aromatic rings. The SMILES string of the molecule is CN(C)C1(CNc2ncc(Br)cc2Br)CCC1. The van der Waals surface area contributed by atoms with Crippen molar-refractivity contribution in [2.45, 2.75) is 24.8 Å². The number of hydrogen-bond acceptors (Lipinski definition) is 3. The fourth-order valence-electron chi connectivity index (χ4n) is 2.16. The minimum atomic E-state index is 0.314. The predicted octanol–water partition coefficient (Wildman–Crippen LogP) is 3.50. The van der Waals surface area contributed by atoms with Gasteiger partial charge in [0.05, 0.1) is 4.47 Å². The Morgan fingerprint density at radius 3 is 2.59 bits per heavy atom. The van der Waals surface area contributed by atoms with Crippen LogP contribution in [0.3, 0.4) is 0 Å². The Morgan fingerprint density at radius 1 is 1.41 bits per heavy atom. The summed E-state index contributed by atoms with van der Waals surface area (Å²) in [5.41, 5.74) is 0.314. The fourth-order valence-corrected chi connectivity index (χ4v) is 3.29. The van der Waals surface area contributed by atoms with E-state index in [0.29, 0.717) is 5.54 Å². The van der Waals surface area contributed by atoms with Gasteiger partial charge in [0.15, 0.2) is 0 Å². The molecular formula is C12H17Br2N3. The van der Waals surface area contributed by atoms with Crippen molar-refractivity contribution in [2.24, 2.45) is 0 Å². The lowest BCUT2D eigenvalue weighted by Crippen LogP contribution is -2.54. The Labute approximate surface area is 119 Å². The van der Waals surface area contributed by atoms with Crippen LogP contribution in [0.15, 0.2) is 21.2 Å². The van der Waals surface area contributed by atoms with Crippen LogP contribution in [0.5, 0.6) is 0 Å². The standard InChI is InChI=1S/C12H17Br2N3/c1-17(2)12(4-3-5-12)8-16-11-10(14)6-9(13)7-15-11/h6-7H,3-5,8H2,1-2H3,(H,15,16). The number of halogens is 2. The molecule has 1 N–H and O–H groups in total. The summed E-state index contributed by atoms with van der Waals surface area (Å²) in [5, 5.41) is 3.44. The third-order valence-electron chi connectivity index (χ3n) is 3.63. The molecule has 0 radical (unpaired) electrons. The highest BCUT2D eigenvalue weighted by Gasteiger charge is 2.38. The van der Waals surface area contributed by atoms with E-state index in [1.165, 1.54) is 19.3 Å². The van der Waals surface area contributed by atoms with E-state index in [9.17, 15) is 0 Å². The zero-order valence-electron chi connectivity index (χ0n) is 10.1. The van der Waals surface area contributed by atoms with Gasteiger partial charge in [0.25, 0.3) is 0 Å². The molecule has 1 heterocycles. The summed E-state index contributed by atoms with van der Waals surface area (Å²) >= 11 is 6.93. The smallest absolute Gasteiger partial charge is 0.140 e. The summed E-state index contributed by atoms with van der Waals surface area (Å²) in [4.78, 5) is 6.70. The van der Waals surface area contributed by atoms with Crippen molar-refractivity contribution in [1.29, 1.82) is 0 Å². The molecule has 1 saturated carbocycles. The fraction of sp³-hybridized carbons (Fsp3) is 0.583. The third kappa shape index (κ3) is 2.83. The van der Waals surface area contributed by atoms with Crippen molar-refractivity contribution in [2.75, 3.05) is 26.0 Å². The maximum absolute atomic E-state index is 4.38. The molecule has 1 aliphatic rings. The van der Waals surface area contributed by atoms with Crippen LogP contribution in [0.25, 0.3) is 0 Å². The second kappa shape index (κ2) is 5.24. The number of anilines is 1. The van der Waals surface area contributed by atoms with E-state index >= 15 is 0 Å². The van der Waals surface area contributed by atoms with Gasteiger partial charge in [0, 0.05) is 22.8 Å². The van der Waals surface area contributed by atoms with Gasteiger partial charge in [0.1, 0.15) is 5.82 Å². The zero-order chi connectivity index (χ0) is 12.5. The Kier molecular flexibility index (Phi) is 4.10. The Balaban J connectivity index is 2.02. The van der Waals surface area contributed by atoms with Crippen molar-refractivity contribution in [3.8, 4) is 0 Å². The number of aromatic nitrogens is 1. The first kappa shape index (κ1) is 13.3. The number of hydrogen-bond donors (Lipinski definition) is 1. The van der Waals surface area contributed by atoms with Crippen LogP contribution in [0.2, 0.25) is 0 Å². The minimum Gasteiger partial charge on any atom is -0.367 e. The van der Waals surface area contributed by atoms with Gasteiger partial charge >= 0.3 is 0 Å². The Bertz CT molecular complexity index is 403. The predicted molar refractivity (Wildman–Crippen MR) is 78.4 cm³/mol. The zero-order valence-corrected chi connectivity index (χ0v) is 13.3. The Hall–Kier alpha value is -0.130. The summed E-state index contributed by atoms with van der Waals surface area (Å²) in [6, 6.07) is 2.01. The van der Waals surface area contributed by atoms with E-state index < -0.39 is 0 Å². The summed E-state index contributed by atoms with van der Waals surface area (Å²) in [6.45, 7) is 0.952. The van der Waals surface area contributed by atoms with Crippen LogP contribution < -0.4 is 5.32 Å². The van der Waals surface area contributed by atoms with Crippen LogP contribution in [-0.2, 0) is 0 Å². The summed E-state index contributed by atoms with van der Waals surface area (Å²) < 4.78 is 1.99. The number of likely N-dealkylation sites (N-methyl/N-ethyl adjacent to an activating group) is 1. The topological polar surface area (TPSA) is 28.2 Å². The van der Waals surface area contributed by atoms with Gasteiger partial charge in [-0.15, -0.1) is 0 Å². The minimum absolute atomic E-state index is 0.314. The Morgan fingerprint density at radius 2 is 2.12 bits per heavy atom. The molecule has 0 saturated heterocycles. The second-order valence-corrected chi connectivity index (χ2v) is 6.58. The van der Waals surface area contributed by atoms with Crippen LogP contribution in [0, 0.1) is 0 Å². The van der Waals surface area contributed by atoms with Gasteiger partial charge in [0.2, 0.25) is 0 Å². The highest BCUT2D eigenvalue weighted by atomic mass is 79.9. The lowest BCUT2D eigenvalue weighted by molar-refractivity contribution is 0.0738. The van der Waals surface area contributed by atoms with Crippen LogP contribution in [-0.4, -0.2) is 36.1 Å². The highest BCUT2D eigenvalue weighted by Crippen LogP contribution is 2.36. The molecule has 0 spiro atoms. The summed E-state index contributed by atoms with van der Waals surface area (Å²) in [7, 11) is 4.32. The molecule has 17 heavy (non-hydrogen) atoms. The average Bonchev–Trinajstić information content (AvgIpc) is 2.18. The van der Waals surface area contributed by atoms with Crippen molar-refractivity contribution >= 4 is 37.7 Å². The molecule has 1 fully saturated rings. The number of nitrogens with one attached hydrogen (secondary N) is 1. The molecule has 1 aliphatic carbocycles. The first-order valence-electron chi connectivity index (χ1n) is 5.76. The van der Waals surface area contributed by atoms with Crippen LogP contribution in [0.4, 0.5) is 5.82 Å². The molecule has 0 aromatic carbocycles. The maximum atomic E-state index is 4.38. The molecule has 0 aliphatic heterocycles. The van der Waals surface area contributed by atoms with E-state index in [-0.39, 0.29) is 0 Å². The van der Waals surface area contributed by atoms with Crippen molar-refractivity contribution < 1.29 is 0 Å². The monoisotopic (exact) mass is 361 g/mol. The van der Waals surface area contributed by atoms with Gasteiger partial charge < -0.3 is 10.2 Å². The van der Waals surface area contributed by atoms with Crippen molar-refractivity contribution in [3.05, 3.63) is 21.2 Å². The van der Waals surface area contributed by atoms with E-state index in [4.69, 9.17) is 0 Å². The van der Waals surface area contributed by atoms with Gasteiger partial charge in [-0.3, -0.25) is 0 Å². The molecule has 0 amide bonds. The summed E-state index contributed by atoms with van der Waals surface area (Å²) in [6.07, 6.45) is 5.67.